The summed E-state index contributed by atoms with van der Waals surface area (Å²) in [5, 5.41) is 9.07. The molecule has 4 nitrogen and oxygen atoms in total. The zero-order chi connectivity index (χ0) is 8.27. The van der Waals surface area contributed by atoms with Crippen molar-refractivity contribution in [2.75, 3.05) is 12.8 Å². The Morgan fingerprint density at radius 3 is 3.00 bits per heavy atom. The molecule has 0 radical (unpaired) electrons. The van der Waals surface area contributed by atoms with Gasteiger partial charge >= 0.3 is 0 Å². The van der Waals surface area contributed by atoms with E-state index in [2.05, 4.69) is 9.97 Å². The van der Waals surface area contributed by atoms with Crippen molar-refractivity contribution in [1.29, 1.82) is 0 Å². The van der Waals surface area contributed by atoms with Crippen LogP contribution in [0.5, 0.6) is 5.88 Å². The van der Waals surface area contributed by atoms with Crippen LogP contribution in [0.3, 0.4) is 0 Å². The monoisotopic (exact) mass is 173 g/mol. The molecular weight excluding hydrogens is 162 g/mol. The van der Waals surface area contributed by atoms with Crippen LogP contribution in [0.15, 0.2) is 6.20 Å². The summed E-state index contributed by atoms with van der Waals surface area (Å²) >= 11 is 1.61. The zero-order valence-electron chi connectivity index (χ0n) is 6.24. The average molecular weight is 173 g/mol. The Balaban J connectivity index is 2.73. The van der Waals surface area contributed by atoms with Crippen LogP contribution in [0, 0.1) is 0 Å². The van der Waals surface area contributed by atoms with Gasteiger partial charge in [-0.25, -0.2) is 4.98 Å². The van der Waals surface area contributed by atoms with Gasteiger partial charge < -0.3 is 15.8 Å². The van der Waals surface area contributed by atoms with E-state index < -0.39 is 0 Å². The van der Waals surface area contributed by atoms with Gasteiger partial charge in [-0.2, -0.15) is 11.8 Å². The number of nitrogens with two attached hydrogens (primary N) is 1. The minimum Gasteiger partial charge on any atom is -0.493 e. The number of H-pyrrole nitrogens is 1. The topological polar surface area (TPSA) is 74.9 Å². The predicted octanol–water partition coefficient (Wildman–Crippen LogP) is 0.478. The van der Waals surface area contributed by atoms with E-state index in [0.29, 0.717) is 6.54 Å². The molecule has 5 heteroatoms. The number of thioether (sulfide) groups is 1. The molecule has 11 heavy (non-hydrogen) atoms. The third-order valence-corrected chi connectivity index (χ3v) is 2.37. The number of nitrogens with zero attached hydrogens (tertiary/aromatic N) is 1. The first-order valence-electron chi connectivity index (χ1n) is 3.24. The lowest BCUT2D eigenvalue weighted by Crippen LogP contribution is -2.10. The predicted molar refractivity (Wildman–Crippen MR) is 45.6 cm³/mol. The van der Waals surface area contributed by atoms with E-state index in [1.54, 1.807) is 11.8 Å². The van der Waals surface area contributed by atoms with Crippen molar-refractivity contribution in [2.24, 2.45) is 5.73 Å². The summed E-state index contributed by atoms with van der Waals surface area (Å²) in [5.74, 6) is 0.824. The Morgan fingerprint density at radius 2 is 2.64 bits per heavy atom. The zero-order valence-corrected chi connectivity index (χ0v) is 7.06. The molecule has 0 saturated carbocycles. The van der Waals surface area contributed by atoms with E-state index in [4.69, 9.17) is 10.8 Å². The highest BCUT2D eigenvalue weighted by Crippen LogP contribution is 2.23. The van der Waals surface area contributed by atoms with Gasteiger partial charge in [-0.3, -0.25) is 0 Å². The molecule has 0 fully saturated rings. The molecule has 1 aromatic heterocycles. The smallest absolute Gasteiger partial charge is 0.208 e. The number of hydrogen-bond donors (Lipinski definition) is 3. The van der Waals surface area contributed by atoms with Crippen molar-refractivity contribution in [1.82, 2.24) is 9.97 Å². The summed E-state index contributed by atoms with van der Waals surface area (Å²) in [7, 11) is 0. The van der Waals surface area contributed by atoms with Gasteiger partial charge in [-0.15, -0.1) is 0 Å². The van der Waals surface area contributed by atoms with Crippen LogP contribution in [-0.2, 0) is 0 Å². The molecule has 1 rings (SSSR count). The van der Waals surface area contributed by atoms with Crippen LogP contribution in [-0.4, -0.2) is 27.9 Å². The van der Waals surface area contributed by atoms with Gasteiger partial charge in [0, 0.05) is 6.54 Å². The van der Waals surface area contributed by atoms with Crippen LogP contribution in [0.2, 0.25) is 0 Å². The maximum atomic E-state index is 8.92. The fourth-order valence-corrected chi connectivity index (χ4v) is 1.35. The lowest BCUT2D eigenvalue weighted by atomic mass is 10.4. The van der Waals surface area contributed by atoms with Crippen LogP contribution in [0.25, 0.3) is 0 Å². The summed E-state index contributed by atoms with van der Waals surface area (Å²) in [5.41, 5.74) is 5.46. The second kappa shape index (κ2) is 3.64. The normalized spacial score (nSPS) is 13.3. The molecule has 0 aliphatic heterocycles. The Labute approximate surface area is 69.2 Å². The maximum Gasteiger partial charge on any atom is 0.208 e. The minimum atomic E-state index is 0.0903. The largest absolute Gasteiger partial charge is 0.493 e. The average Bonchev–Trinajstić information content (AvgIpc) is 2.39. The minimum absolute atomic E-state index is 0.0903. The summed E-state index contributed by atoms with van der Waals surface area (Å²) < 4.78 is 0. The van der Waals surface area contributed by atoms with Crippen molar-refractivity contribution < 1.29 is 5.11 Å². The molecule has 62 valence electrons. The molecule has 0 aliphatic rings. The lowest BCUT2D eigenvalue weighted by Gasteiger charge is -2.06. The van der Waals surface area contributed by atoms with Gasteiger partial charge in [-0.1, -0.05) is 0 Å². The Bertz CT molecular complexity index is 221. The SMILES string of the molecule is CSC(CN)c1ncc(O)[nH]1. The highest BCUT2D eigenvalue weighted by atomic mass is 32.2. The molecule has 0 bridgehead atoms. The molecule has 0 amide bonds. The fourth-order valence-electron chi connectivity index (χ4n) is 0.810. The third-order valence-electron chi connectivity index (χ3n) is 1.39. The molecule has 0 spiro atoms. The Kier molecular flexibility index (Phi) is 2.78. The molecular formula is C6H11N3OS. The molecule has 1 unspecified atom stereocenters. The number of aromatic nitrogens is 2. The van der Waals surface area contributed by atoms with Gasteiger partial charge in [0.1, 0.15) is 5.82 Å². The number of rotatable bonds is 3. The van der Waals surface area contributed by atoms with Gasteiger partial charge in [0.15, 0.2) is 0 Å². The van der Waals surface area contributed by atoms with Crippen LogP contribution in [0.4, 0.5) is 0 Å². The van der Waals surface area contributed by atoms with Crippen molar-refractivity contribution in [3.05, 3.63) is 12.0 Å². The highest BCUT2D eigenvalue weighted by molar-refractivity contribution is 7.98. The number of imidazole rings is 1. The van der Waals surface area contributed by atoms with Gasteiger partial charge in [-0.05, 0) is 6.26 Å². The van der Waals surface area contributed by atoms with Gasteiger partial charge in [0.25, 0.3) is 0 Å². The molecule has 1 atom stereocenters. The number of aromatic hydroxyl groups is 1. The molecule has 0 saturated heterocycles. The van der Waals surface area contributed by atoms with E-state index >= 15 is 0 Å². The van der Waals surface area contributed by atoms with Crippen LogP contribution < -0.4 is 5.73 Å². The molecule has 0 aromatic carbocycles. The summed E-state index contributed by atoms with van der Waals surface area (Å²) in [6, 6.07) is 0. The van der Waals surface area contributed by atoms with Gasteiger partial charge in [0.2, 0.25) is 5.88 Å². The number of aromatic amines is 1. The second-order valence-electron chi connectivity index (χ2n) is 2.11. The van der Waals surface area contributed by atoms with Crippen LogP contribution in [0.1, 0.15) is 11.1 Å². The van der Waals surface area contributed by atoms with Crippen LogP contribution >= 0.6 is 11.8 Å². The number of hydrogen-bond acceptors (Lipinski definition) is 4. The third kappa shape index (κ3) is 1.87. The Hall–Kier alpha value is -0.680. The first-order valence-corrected chi connectivity index (χ1v) is 4.53. The van der Waals surface area contributed by atoms with Crippen molar-refractivity contribution in [3.63, 3.8) is 0 Å². The van der Waals surface area contributed by atoms with Gasteiger partial charge in [0.05, 0.1) is 11.4 Å². The Morgan fingerprint density at radius 1 is 1.91 bits per heavy atom. The molecule has 0 aliphatic carbocycles. The van der Waals surface area contributed by atoms with E-state index in [1.165, 1.54) is 6.20 Å². The van der Waals surface area contributed by atoms with Crippen molar-refractivity contribution in [2.45, 2.75) is 5.25 Å². The highest BCUT2D eigenvalue weighted by Gasteiger charge is 2.10. The quantitative estimate of drug-likeness (QED) is 0.621. The molecule has 1 heterocycles. The van der Waals surface area contributed by atoms with E-state index in [0.717, 1.165) is 5.82 Å². The summed E-state index contributed by atoms with van der Waals surface area (Å²) in [4.78, 5) is 6.67. The van der Waals surface area contributed by atoms with Crippen molar-refractivity contribution in [3.8, 4) is 5.88 Å². The second-order valence-corrected chi connectivity index (χ2v) is 3.15. The van der Waals surface area contributed by atoms with E-state index in [1.807, 2.05) is 6.26 Å². The van der Waals surface area contributed by atoms with E-state index in [9.17, 15) is 0 Å². The molecule has 1 aromatic rings. The molecule has 4 N–H and O–H groups in total. The fraction of sp³-hybridized carbons (Fsp3) is 0.500. The van der Waals surface area contributed by atoms with E-state index in [-0.39, 0.29) is 11.1 Å². The standard InChI is InChI=1S/C6H11N3OS/c1-11-4(2-7)6-8-3-5(10)9-6/h3-4,10H,2,7H2,1H3,(H,8,9). The van der Waals surface area contributed by atoms with Crippen molar-refractivity contribution >= 4 is 11.8 Å². The maximum absolute atomic E-state index is 8.92. The first kappa shape index (κ1) is 8.42. The summed E-state index contributed by atoms with van der Waals surface area (Å²) in [6.07, 6.45) is 3.34. The first-order chi connectivity index (χ1) is 5.27. The number of nitrogens with one attached hydrogen (secondary N) is 1. The summed E-state index contributed by atoms with van der Waals surface area (Å²) in [6.45, 7) is 0.522. The lowest BCUT2D eigenvalue weighted by molar-refractivity contribution is 0.455.